The Morgan fingerprint density at radius 1 is 0.619 bits per heavy atom. The van der Waals surface area contributed by atoms with Crippen molar-refractivity contribution in [1.82, 2.24) is 0 Å². The maximum atomic E-state index is 13.4. The summed E-state index contributed by atoms with van der Waals surface area (Å²) in [6.07, 6.45) is -9.58. The molecule has 21 heavy (non-hydrogen) atoms. The van der Waals surface area contributed by atoms with Crippen LogP contribution in [0.4, 0.5) is 52.7 Å². The van der Waals surface area contributed by atoms with Crippen LogP contribution in [0.3, 0.4) is 0 Å². The molecule has 0 heterocycles. The Labute approximate surface area is 110 Å². The van der Waals surface area contributed by atoms with Gasteiger partial charge in [0.1, 0.15) is 0 Å². The van der Waals surface area contributed by atoms with E-state index >= 15 is 0 Å². The normalized spacial score (nSPS) is 18.6. The Hall–Kier alpha value is -0.840. The van der Waals surface area contributed by atoms with Crippen LogP contribution in [-0.2, 0) is 0 Å². The number of hydrogen-bond donors (Lipinski definition) is 0. The number of halogens is 12. The molecule has 0 aliphatic rings. The van der Waals surface area contributed by atoms with Gasteiger partial charge >= 0.3 is 35.5 Å². The van der Waals surface area contributed by atoms with Crippen molar-refractivity contribution in [3.63, 3.8) is 0 Å². The van der Waals surface area contributed by atoms with Gasteiger partial charge in [0.25, 0.3) is 0 Å². The van der Waals surface area contributed by atoms with Gasteiger partial charge < -0.3 is 0 Å². The van der Waals surface area contributed by atoms with E-state index in [0.717, 1.165) is 0 Å². The van der Waals surface area contributed by atoms with Crippen LogP contribution in [0.5, 0.6) is 0 Å². The SMILES string of the molecule is CCC(F)(F)C(F)(F)C(F)(C(F)(F)F)C(F)(F)C(C)(F)F. The lowest BCUT2D eigenvalue weighted by Gasteiger charge is -2.43. The molecule has 1 atom stereocenters. The Balaban J connectivity index is 6.56. The van der Waals surface area contributed by atoms with Gasteiger partial charge in [0.05, 0.1) is 0 Å². The summed E-state index contributed by atoms with van der Waals surface area (Å²) < 4.78 is 153. The van der Waals surface area contributed by atoms with Crippen LogP contribution in [0.2, 0.25) is 0 Å². The molecule has 0 spiro atoms. The summed E-state index contributed by atoms with van der Waals surface area (Å²) in [6, 6.07) is 0. The van der Waals surface area contributed by atoms with Crippen LogP contribution < -0.4 is 0 Å². The largest absolute Gasteiger partial charge is 0.435 e. The van der Waals surface area contributed by atoms with Gasteiger partial charge in [-0.3, -0.25) is 0 Å². The standard InChI is InChI=1S/C9H8F12/c1-3-5(12,13)8(17,18)6(14,9(19,20)21)7(15,16)4(2,10)11/h3H2,1-2H3. The minimum atomic E-state index is -7.47. The van der Waals surface area contributed by atoms with E-state index in [0.29, 0.717) is 0 Å². The third-order valence-corrected chi connectivity index (χ3v) is 2.71. The minimum Gasteiger partial charge on any atom is -0.219 e. The van der Waals surface area contributed by atoms with Crippen molar-refractivity contribution < 1.29 is 52.7 Å². The zero-order chi connectivity index (χ0) is 17.7. The molecule has 0 amide bonds. The molecule has 0 fully saturated rings. The van der Waals surface area contributed by atoms with Crippen LogP contribution >= 0.6 is 0 Å². The van der Waals surface area contributed by atoms with Crippen molar-refractivity contribution in [3.8, 4) is 0 Å². The molecule has 0 N–H and O–H groups in total. The van der Waals surface area contributed by atoms with Crippen molar-refractivity contribution in [1.29, 1.82) is 0 Å². The van der Waals surface area contributed by atoms with Gasteiger partial charge in [-0.15, -0.1) is 0 Å². The molecule has 0 aromatic carbocycles. The highest BCUT2D eigenvalue weighted by Gasteiger charge is 2.92. The fourth-order valence-corrected chi connectivity index (χ4v) is 1.33. The monoisotopic (exact) mass is 344 g/mol. The fourth-order valence-electron chi connectivity index (χ4n) is 1.33. The van der Waals surface area contributed by atoms with Gasteiger partial charge in [-0.2, -0.15) is 39.5 Å². The molecule has 0 aromatic heterocycles. The molecule has 0 radical (unpaired) electrons. The Morgan fingerprint density at radius 2 is 0.952 bits per heavy atom. The van der Waals surface area contributed by atoms with Crippen molar-refractivity contribution in [3.05, 3.63) is 0 Å². The maximum Gasteiger partial charge on any atom is 0.435 e. The van der Waals surface area contributed by atoms with Gasteiger partial charge in [-0.25, -0.2) is 13.2 Å². The van der Waals surface area contributed by atoms with Crippen LogP contribution in [0.15, 0.2) is 0 Å². The Kier molecular flexibility index (Phi) is 4.64. The lowest BCUT2D eigenvalue weighted by Crippen LogP contribution is -2.74. The van der Waals surface area contributed by atoms with E-state index in [1.807, 2.05) is 0 Å². The molecule has 0 saturated heterocycles. The lowest BCUT2D eigenvalue weighted by atomic mass is 9.82. The molecule has 0 nitrogen and oxygen atoms in total. The van der Waals surface area contributed by atoms with Crippen LogP contribution in [0, 0.1) is 0 Å². The number of alkyl halides is 12. The van der Waals surface area contributed by atoms with Gasteiger partial charge in [-0.1, -0.05) is 6.92 Å². The number of hydrogen-bond acceptors (Lipinski definition) is 0. The Bertz CT molecular complexity index is 375. The predicted molar refractivity (Wildman–Crippen MR) is 45.6 cm³/mol. The van der Waals surface area contributed by atoms with Crippen LogP contribution in [0.1, 0.15) is 20.3 Å². The average Bonchev–Trinajstić information content (AvgIpc) is 2.23. The maximum absolute atomic E-state index is 13.4. The molecule has 12 heteroatoms. The van der Waals surface area contributed by atoms with E-state index in [1.54, 1.807) is 0 Å². The molecule has 1 unspecified atom stereocenters. The zero-order valence-corrected chi connectivity index (χ0v) is 10.2. The van der Waals surface area contributed by atoms with E-state index in [2.05, 4.69) is 0 Å². The molecular formula is C9H8F12. The molecule has 0 rings (SSSR count). The molecule has 0 saturated carbocycles. The molecule has 0 aromatic rings. The van der Waals surface area contributed by atoms with E-state index in [-0.39, 0.29) is 6.92 Å². The first-order valence-electron chi connectivity index (χ1n) is 5.08. The van der Waals surface area contributed by atoms with E-state index in [1.165, 1.54) is 0 Å². The summed E-state index contributed by atoms with van der Waals surface area (Å²) >= 11 is 0. The summed E-state index contributed by atoms with van der Waals surface area (Å²) in [6.45, 7) is -0.847. The summed E-state index contributed by atoms with van der Waals surface area (Å²) in [5.74, 6) is -26.2. The first-order chi connectivity index (χ1) is 8.81. The van der Waals surface area contributed by atoms with Crippen LogP contribution in [-0.4, -0.2) is 35.5 Å². The first kappa shape index (κ1) is 20.2. The zero-order valence-electron chi connectivity index (χ0n) is 10.2. The van der Waals surface area contributed by atoms with Gasteiger partial charge in [0.2, 0.25) is 0 Å². The van der Waals surface area contributed by atoms with Crippen molar-refractivity contribution in [2.75, 3.05) is 0 Å². The van der Waals surface area contributed by atoms with Gasteiger partial charge in [0.15, 0.2) is 0 Å². The first-order valence-corrected chi connectivity index (χ1v) is 5.08. The summed E-state index contributed by atoms with van der Waals surface area (Å²) in [5, 5.41) is 0. The van der Waals surface area contributed by atoms with Gasteiger partial charge in [-0.05, 0) is 0 Å². The van der Waals surface area contributed by atoms with Crippen molar-refractivity contribution >= 4 is 0 Å². The quantitative estimate of drug-likeness (QED) is 0.599. The fraction of sp³-hybridized carbons (Fsp3) is 1.00. The molecular weight excluding hydrogens is 336 g/mol. The van der Waals surface area contributed by atoms with E-state index in [4.69, 9.17) is 0 Å². The average molecular weight is 344 g/mol. The highest BCUT2D eigenvalue weighted by atomic mass is 19.4. The van der Waals surface area contributed by atoms with Gasteiger partial charge in [0, 0.05) is 13.3 Å². The molecule has 128 valence electrons. The smallest absolute Gasteiger partial charge is 0.219 e. The summed E-state index contributed by atoms with van der Waals surface area (Å²) in [4.78, 5) is 0. The Morgan fingerprint density at radius 3 is 1.14 bits per heavy atom. The third kappa shape index (κ3) is 2.54. The summed E-state index contributed by atoms with van der Waals surface area (Å²) in [7, 11) is 0. The molecule has 0 aliphatic heterocycles. The second-order valence-electron chi connectivity index (χ2n) is 4.25. The number of rotatable bonds is 5. The van der Waals surface area contributed by atoms with Crippen molar-refractivity contribution in [2.45, 2.75) is 55.8 Å². The molecule has 0 bridgehead atoms. The second-order valence-corrected chi connectivity index (χ2v) is 4.25. The highest BCUT2D eigenvalue weighted by Crippen LogP contribution is 2.62. The summed E-state index contributed by atoms with van der Waals surface area (Å²) in [5.41, 5.74) is -7.47. The van der Waals surface area contributed by atoms with E-state index < -0.39 is 48.9 Å². The van der Waals surface area contributed by atoms with Crippen LogP contribution in [0.25, 0.3) is 0 Å². The van der Waals surface area contributed by atoms with E-state index in [9.17, 15) is 52.7 Å². The minimum absolute atomic E-state index is 0.146. The molecule has 0 aliphatic carbocycles. The third-order valence-electron chi connectivity index (χ3n) is 2.71. The highest BCUT2D eigenvalue weighted by molar-refractivity contribution is 5.16. The second kappa shape index (κ2) is 4.83. The topological polar surface area (TPSA) is 0 Å². The lowest BCUT2D eigenvalue weighted by molar-refractivity contribution is -0.427. The predicted octanol–water partition coefficient (Wildman–Crippen LogP) is 5.23. The van der Waals surface area contributed by atoms with Crippen molar-refractivity contribution in [2.24, 2.45) is 0 Å².